The Bertz CT molecular complexity index is 724. The molecule has 0 saturated carbocycles. The Balaban J connectivity index is 2.28. The fourth-order valence-corrected chi connectivity index (χ4v) is 3.65. The summed E-state index contributed by atoms with van der Waals surface area (Å²) in [6.45, 7) is 1.77. The van der Waals surface area contributed by atoms with Crippen molar-refractivity contribution in [3.8, 4) is 0 Å². The standard InChI is InChI=1S/C12H12N2O4S2/c1-9-4-5-10(14(15)16)7-12(9)20(17,18)13-8-11-3-2-6-19-11/h2-7,13H,8H2,1H3. The number of benzene rings is 1. The van der Waals surface area contributed by atoms with Gasteiger partial charge in [0.2, 0.25) is 10.0 Å². The first-order valence-corrected chi connectivity index (χ1v) is 8.03. The molecule has 0 amide bonds. The van der Waals surface area contributed by atoms with E-state index in [1.54, 1.807) is 6.92 Å². The lowest BCUT2D eigenvalue weighted by molar-refractivity contribution is -0.385. The number of nitrogens with one attached hydrogen (secondary N) is 1. The maximum atomic E-state index is 12.2. The van der Waals surface area contributed by atoms with Gasteiger partial charge in [-0.2, -0.15) is 0 Å². The molecule has 0 saturated heterocycles. The fourth-order valence-electron chi connectivity index (χ4n) is 1.65. The van der Waals surface area contributed by atoms with Crippen LogP contribution in [0.25, 0.3) is 0 Å². The first-order chi connectivity index (χ1) is 9.40. The molecule has 0 unspecified atom stereocenters. The Morgan fingerprint density at radius 3 is 2.70 bits per heavy atom. The van der Waals surface area contributed by atoms with Gasteiger partial charge in [-0.15, -0.1) is 11.3 Å². The third-order valence-electron chi connectivity index (χ3n) is 2.69. The van der Waals surface area contributed by atoms with Gasteiger partial charge in [-0.05, 0) is 23.9 Å². The number of nitrogens with zero attached hydrogens (tertiary/aromatic N) is 1. The van der Waals surface area contributed by atoms with E-state index in [1.807, 2.05) is 17.5 Å². The summed E-state index contributed by atoms with van der Waals surface area (Å²) in [5, 5.41) is 12.6. The highest BCUT2D eigenvalue weighted by Crippen LogP contribution is 2.22. The zero-order valence-corrected chi connectivity index (χ0v) is 12.2. The zero-order chi connectivity index (χ0) is 14.8. The molecular weight excluding hydrogens is 300 g/mol. The van der Waals surface area contributed by atoms with E-state index in [9.17, 15) is 18.5 Å². The van der Waals surface area contributed by atoms with Gasteiger partial charge in [0.1, 0.15) is 0 Å². The van der Waals surface area contributed by atoms with E-state index in [2.05, 4.69) is 4.72 Å². The van der Waals surface area contributed by atoms with Crippen LogP contribution in [0.15, 0.2) is 40.6 Å². The molecule has 8 heteroatoms. The number of rotatable bonds is 5. The van der Waals surface area contributed by atoms with Crippen LogP contribution in [0.3, 0.4) is 0 Å². The third-order valence-corrected chi connectivity index (χ3v) is 5.11. The molecule has 0 aliphatic heterocycles. The molecule has 0 atom stereocenters. The molecule has 1 N–H and O–H groups in total. The molecule has 0 aliphatic carbocycles. The minimum atomic E-state index is -3.77. The second kappa shape index (κ2) is 5.70. The van der Waals surface area contributed by atoms with Crippen molar-refractivity contribution in [3.05, 3.63) is 56.3 Å². The van der Waals surface area contributed by atoms with Crippen LogP contribution in [0.1, 0.15) is 10.4 Å². The third kappa shape index (κ3) is 3.21. The van der Waals surface area contributed by atoms with Crippen molar-refractivity contribution in [1.29, 1.82) is 0 Å². The van der Waals surface area contributed by atoms with Crippen molar-refractivity contribution in [1.82, 2.24) is 4.72 Å². The second-order valence-corrected chi connectivity index (χ2v) is 6.88. The van der Waals surface area contributed by atoms with E-state index in [0.29, 0.717) is 5.56 Å². The molecule has 20 heavy (non-hydrogen) atoms. The van der Waals surface area contributed by atoms with E-state index in [-0.39, 0.29) is 17.1 Å². The molecule has 0 fully saturated rings. The number of sulfonamides is 1. The topological polar surface area (TPSA) is 89.3 Å². The van der Waals surface area contributed by atoms with Crippen LogP contribution < -0.4 is 4.72 Å². The number of hydrogen-bond donors (Lipinski definition) is 1. The summed E-state index contributed by atoms with van der Waals surface area (Å²) in [5.41, 5.74) is 0.223. The lowest BCUT2D eigenvalue weighted by atomic mass is 10.2. The summed E-state index contributed by atoms with van der Waals surface area (Å²) in [6.07, 6.45) is 0. The minimum Gasteiger partial charge on any atom is -0.258 e. The maximum absolute atomic E-state index is 12.2. The first kappa shape index (κ1) is 14.6. The van der Waals surface area contributed by atoms with E-state index < -0.39 is 14.9 Å². The number of nitro benzene ring substituents is 1. The van der Waals surface area contributed by atoms with Gasteiger partial charge in [-0.1, -0.05) is 12.1 Å². The number of hydrogen-bond acceptors (Lipinski definition) is 5. The Morgan fingerprint density at radius 2 is 2.10 bits per heavy atom. The predicted octanol–water partition coefficient (Wildman–Crippen LogP) is 2.44. The summed E-state index contributed by atoms with van der Waals surface area (Å²) in [5.74, 6) is 0. The van der Waals surface area contributed by atoms with Gasteiger partial charge in [0, 0.05) is 23.6 Å². The molecule has 0 aliphatic rings. The summed E-state index contributed by atoms with van der Waals surface area (Å²) in [7, 11) is -3.77. The molecule has 2 aromatic rings. The number of aryl methyl sites for hydroxylation is 1. The average Bonchev–Trinajstić information content (AvgIpc) is 2.89. The Labute approximate surface area is 120 Å². The number of thiophene rings is 1. The number of non-ortho nitro benzene ring substituents is 1. The molecular formula is C12H12N2O4S2. The SMILES string of the molecule is Cc1ccc([N+](=O)[O-])cc1S(=O)(=O)NCc1cccs1. The lowest BCUT2D eigenvalue weighted by Crippen LogP contribution is -2.23. The molecule has 1 aromatic carbocycles. The molecule has 1 aromatic heterocycles. The van der Waals surface area contributed by atoms with Crippen molar-refractivity contribution < 1.29 is 13.3 Å². The predicted molar refractivity (Wildman–Crippen MR) is 76.2 cm³/mol. The molecule has 106 valence electrons. The molecule has 2 rings (SSSR count). The minimum absolute atomic E-state index is 0.0664. The van der Waals surface area contributed by atoms with Crippen molar-refractivity contribution in [2.75, 3.05) is 0 Å². The Hall–Kier alpha value is -1.77. The van der Waals surface area contributed by atoms with Crippen LogP contribution in [-0.2, 0) is 16.6 Å². The van der Waals surface area contributed by atoms with Crippen LogP contribution >= 0.6 is 11.3 Å². The van der Waals surface area contributed by atoms with Crippen LogP contribution in [0.5, 0.6) is 0 Å². The van der Waals surface area contributed by atoms with Crippen molar-refractivity contribution in [2.45, 2.75) is 18.4 Å². The fraction of sp³-hybridized carbons (Fsp3) is 0.167. The Kier molecular flexibility index (Phi) is 4.17. The first-order valence-electron chi connectivity index (χ1n) is 5.67. The summed E-state index contributed by atoms with van der Waals surface area (Å²) in [6, 6.07) is 7.43. The molecule has 0 spiro atoms. The molecule has 6 nitrogen and oxygen atoms in total. The second-order valence-electron chi connectivity index (χ2n) is 4.11. The molecule has 0 radical (unpaired) electrons. The van der Waals surface area contributed by atoms with Gasteiger partial charge >= 0.3 is 0 Å². The van der Waals surface area contributed by atoms with Crippen molar-refractivity contribution >= 4 is 27.0 Å². The molecule has 0 bridgehead atoms. The van der Waals surface area contributed by atoms with Gasteiger partial charge in [0.05, 0.1) is 9.82 Å². The summed E-state index contributed by atoms with van der Waals surface area (Å²) in [4.78, 5) is 10.9. The van der Waals surface area contributed by atoms with Crippen molar-refractivity contribution in [3.63, 3.8) is 0 Å². The maximum Gasteiger partial charge on any atom is 0.270 e. The quantitative estimate of drug-likeness (QED) is 0.678. The highest BCUT2D eigenvalue weighted by Gasteiger charge is 2.20. The van der Waals surface area contributed by atoms with Gasteiger partial charge in [0.15, 0.2) is 0 Å². The van der Waals surface area contributed by atoms with E-state index in [1.165, 1.54) is 23.5 Å². The molecule has 1 heterocycles. The van der Waals surface area contributed by atoms with Crippen LogP contribution in [-0.4, -0.2) is 13.3 Å². The van der Waals surface area contributed by atoms with Crippen molar-refractivity contribution in [2.24, 2.45) is 0 Å². The highest BCUT2D eigenvalue weighted by molar-refractivity contribution is 7.89. The van der Waals surface area contributed by atoms with Gasteiger partial charge in [-0.25, -0.2) is 13.1 Å². The zero-order valence-electron chi connectivity index (χ0n) is 10.6. The van der Waals surface area contributed by atoms with Crippen LogP contribution in [0.4, 0.5) is 5.69 Å². The van der Waals surface area contributed by atoms with Crippen LogP contribution in [0.2, 0.25) is 0 Å². The smallest absolute Gasteiger partial charge is 0.258 e. The normalized spacial score (nSPS) is 11.4. The van der Waals surface area contributed by atoms with E-state index in [0.717, 1.165) is 10.9 Å². The largest absolute Gasteiger partial charge is 0.270 e. The lowest BCUT2D eigenvalue weighted by Gasteiger charge is -2.08. The van der Waals surface area contributed by atoms with E-state index >= 15 is 0 Å². The highest BCUT2D eigenvalue weighted by atomic mass is 32.2. The summed E-state index contributed by atoms with van der Waals surface area (Å²) < 4.78 is 26.8. The Morgan fingerprint density at radius 1 is 1.35 bits per heavy atom. The average molecular weight is 312 g/mol. The van der Waals surface area contributed by atoms with Gasteiger partial charge in [-0.3, -0.25) is 10.1 Å². The van der Waals surface area contributed by atoms with Crippen LogP contribution in [0, 0.1) is 17.0 Å². The van der Waals surface area contributed by atoms with Gasteiger partial charge < -0.3 is 0 Å². The van der Waals surface area contributed by atoms with Gasteiger partial charge in [0.25, 0.3) is 5.69 Å². The van der Waals surface area contributed by atoms with E-state index in [4.69, 9.17) is 0 Å². The summed E-state index contributed by atoms with van der Waals surface area (Å²) >= 11 is 1.44. The number of nitro groups is 1. The monoisotopic (exact) mass is 312 g/mol.